The van der Waals surface area contributed by atoms with Gasteiger partial charge in [0.2, 0.25) is 6.79 Å². The molecule has 5 amide bonds. The predicted octanol–water partition coefficient (Wildman–Crippen LogP) is 7.17. The molecule has 4 aromatic rings. The third-order valence-electron chi connectivity index (χ3n) is 9.77. The van der Waals surface area contributed by atoms with Crippen molar-refractivity contribution in [2.45, 2.75) is 58.3 Å². The maximum Gasteiger partial charge on any atom is 0.323 e. The Bertz CT molecular complexity index is 1950. The molecule has 4 atom stereocenters. The summed E-state index contributed by atoms with van der Waals surface area (Å²) in [4.78, 5) is 44.2. The van der Waals surface area contributed by atoms with Crippen molar-refractivity contribution in [3.63, 3.8) is 0 Å². The van der Waals surface area contributed by atoms with E-state index in [-0.39, 0.29) is 56.0 Å². The zero-order valence-electron chi connectivity index (χ0n) is 31.2. The lowest BCUT2D eigenvalue weighted by Gasteiger charge is -2.35. The van der Waals surface area contributed by atoms with E-state index in [9.17, 15) is 19.5 Å². The molecule has 0 unspecified atom stereocenters. The van der Waals surface area contributed by atoms with Crippen LogP contribution in [0.4, 0.5) is 26.7 Å². The van der Waals surface area contributed by atoms with E-state index in [2.05, 4.69) is 16.0 Å². The maximum atomic E-state index is 14.5. The molecule has 286 valence electrons. The van der Waals surface area contributed by atoms with Crippen LogP contribution in [0.5, 0.6) is 17.2 Å². The number of ether oxygens (including phenoxy) is 4. The maximum absolute atomic E-state index is 14.5. The summed E-state index contributed by atoms with van der Waals surface area (Å²) in [6, 6.07) is 22.4. The zero-order chi connectivity index (χ0) is 38.2. The molecule has 0 fully saturated rings. The first-order chi connectivity index (χ1) is 26.1. The molecule has 2 aliphatic heterocycles. The van der Waals surface area contributed by atoms with Crippen LogP contribution in [0, 0.1) is 5.92 Å². The highest BCUT2D eigenvalue weighted by molar-refractivity contribution is 6.07. The second-order valence-corrected chi connectivity index (χ2v) is 14.0. The number of carbonyl (C=O) groups excluding carboxylic acids is 3. The van der Waals surface area contributed by atoms with Gasteiger partial charge in [0.25, 0.3) is 5.91 Å². The molecule has 0 spiro atoms. The largest absolute Gasteiger partial charge is 0.490 e. The van der Waals surface area contributed by atoms with Crippen molar-refractivity contribution < 1.29 is 38.4 Å². The molecular weight excluding hydrogens is 690 g/mol. The first-order valence-electron chi connectivity index (χ1n) is 18.4. The highest BCUT2D eigenvalue weighted by Crippen LogP contribution is 2.34. The summed E-state index contributed by atoms with van der Waals surface area (Å²) in [6.45, 7) is 6.50. The van der Waals surface area contributed by atoms with Crippen molar-refractivity contribution in [2.24, 2.45) is 5.92 Å². The van der Waals surface area contributed by atoms with Crippen molar-refractivity contribution in [1.29, 1.82) is 0 Å². The highest BCUT2D eigenvalue weighted by Gasteiger charge is 2.31. The van der Waals surface area contributed by atoms with Gasteiger partial charge in [0, 0.05) is 55.5 Å². The number of nitrogens with one attached hydrogen (secondary N) is 3. The van der Waals surface area contributed by atoms with Crippen LogP contribution >= 0.6 is 0 Å². The minimum Gasteiger partial charge on any atom is -0.490 e. The fraction of sp³-hybridized carbons (Fsp3) is 0.390. The number of aliphatic hydroxyl groups excluding tert-OH is 1. The van der Waals surface area contributed by atoms with Gasteiger partial charge in [0.1, 0.15) is 5.75 Å². The van der Waals surface area contributed by atoms with Crippen molar-refractivity contribution >= 4 is 45.8 Å². The lowest BCUT2D eigenvalue weighted by molar-refractivity contribution is -0.0115. The summed E-state index contributed by atoms with van der Waals surface area (Å²) in [5, 5.41) is 20.9. The van der Waals surface area contributed by atoms with Crippen LogP contribution in [0.15, 0.2) is 78.9 Å². The van der Waals surface area contributed by atoms with Crippen LogP contribution in [0.25, 0.3) is 10.8 Å². The average molecular weight is 740 g/mol. The van der Waals surface area contributed by atoms with Crippen molar-refractivity contribution in [2.75, 3.05) is 56.1 Å². The standard InChI is InChI=1S/C41H49N5O8/c1-26-22-46(27(2)24-47)39(48)33-20-30(42-40(49)44-34-14-9-12-29-11-5-6-13-32(29)34)15-17-35(33)54-28(3)10-7-8-19-51-38(26)23-45(4)41(50)43-31-16-18-36-37(21-31)53-25-52-36/h5-6,9,11-18,20-21,26-28,38,47H,7-8,10,19,22-25H2,1-4H3,(H,43,50)(H2,42,44,49)/t26-,27+,28-,38+/m0/s1. The van der Waals surface area contributed by atoms with E-state index < -0.39 is 18.2 Å². The second-order valence-electron chi connectivity index (χ2n) is 14.0. The number of benzene rings is 4. The Morgan fingerprint density at radius 3 is 2.46 bits per heavy atom. The second kappa shape index (κ2) is 17.5. The summed E-state index contributed by atoms with van der Waals surface area (Å²) in [5.74, 6) is 0.962. The number of anilines is 3. The van der Waals surface area contributed by atoms with Gasteiger partial charge in [-0.2, -0.15) is 0 Å². The average Bonchev–Trinajstić information content (AvgIpc) is 3.64. The number of amides is 5. The summed E-state index contributed by atoms with van der Waals surface area (Å²) >= 11 is 0. The van der Waals surface area contributed by atoms with E-state index in [0.717, 1.165) is 30.0 Å². The van der Waals surface area contributed by atoms with E-state index in [1.165, 1.54) is 0 Å². The number of hydrogen-bond acceptors (Lipinski definition) is 8. The lowest BCUT2D eigenvalue weighted by atomic mass is 10.0. The highest BCUT2D eigenvalue weighted by atomic mass is 16.7. The van der Waals surface area contributed by atoms with E-state index in [0.29, 0.717) is 40.9 Å². The monoisotopic (exact) mass is 739 g/mol. The number of likely N-dealkylation sites (N-methyl/N-ethyl adjacent to an activating group) is 1. The lowest BCUT2D eigenvalue weighted by Crippen LogP contribution is -2.48. The van der Waals surface area contributed by atoms with E-state index in [4.69, 9.17) is 18.9 Å². The normalized spacial score (nSPS) is 19.5. The molecule has 0 radical (unpaired) electrons. The van der Waals surface area contributed by atoms with Crippen molar-refractivity contribution in [3.8, 4) is 17.2 Å². The summed E-state index contributed by atoms with van der Waals surface area (Å²) in [5.41, 5.74) is 1.88. The SMILES string of the molecule is C[C@H](CO)N1C[C@H](C)[C@@H](CN(C)C(=O)Nc2ccc3c(c2)OCO3)OCCCC[C@H](C)Oc2ccc(NC(=O)Nc3cccc4ccccc34)cc2C1=O. The Hall–Kier alpha value is -5.53. The number of rotatable bonds is 7. The molecule has 6 rings (SSSR count). The molecule has 2 heterocycles. The van der Waals surface area contributed by atoms with Gasteiger partial charge in [-0.15, -0.1) is 0 Å². The first kappa shape index (κ1) is 38.2. The van der Waals surface area contributed by atoms with Gasteiger partial charge < -0.3 is 49.8 Å². The Morgan fingerprint density at radius 2 is 1.65 bits per heavy atom. The van der Waals surface area contributed by atoms with Gasteiger partial charge in [0.05, 0.1) is 36.1 Å². The minimum atomic E-state index is -0.558. The molecule has 0 aliphatic carbocycles. The summed E-state index contributed by atoms with van der Waals surface area (Å²) in [7, 11) is 1.70. The molecule has 13 nitrogen and oxygen atoms in total. The molecule has 4 aromatic carbocycles. The van der Waals surface area contributed by atoms with Gasteiger partial charge in [-0.1, -0.05) is 43.3 Å². The van der Waals surface area contributed by atoms with Crippen molar-refractivity contribution in [1.82, 2.24) is 9.80 Å². The molecule has 13 heteroatoms. The van der Waals surface area contributed by atoms with Gasteiger partial charge in [-0.25, -0.2) is 9.59 Å². The number of fused-ring (bicyclic) bond motifs is 3. The van der Waals surface area contributed by atoms with Gasteiger partial charge in [-0.3, -0.25) is 4.79 Å². The van der Waals surface area contributed by atoms with Gasteiger partial charge in [0.15, 0.2) is 11.5 Å². The van der Waals surface area contributed by atoms with Crippen LogP contribution in [-0.2, 0) is 4.74 Å². The zero-order valence-corrected chi connectivity index (χ0v) is 31.2. The first-order valence-corrected chi connectivity index (χ1v) is 18.4. The van der Waals surface area contributed by atoms with Crippen LogP contribution in [0.3, 0.4) is 0 Å². The summed E-state index contributed by atoms with van der Waals surface area (Å²) in [6.07, 6.45) is 1.69. The number of aliphatic hydroxyl groups is 1. The number of urea groups is 2. The van der Waals surface area contributed by atoms with Crippen LogP contribution in [0.1, 0.15) is 50.4 Å². The third-order valence-corrected chi connectivity index (χ3v) is 9.77. The van der Waals surface area contributed by atoms with Gasteiger partial charge >= 0.3 is 12.1 Å². The molecule has 54 heavy (non-hydrogen) atoms. The third kappa shape index (κ3) is 9.33. The fourth-order valence-electron chi connectivity index (χ4n) is 6.63. The number of nitrogens with zero attached hydrogens (tertiary/aromatic N) is 2. The molecule has 0 saturated heterocycles. The summed E-state index contributed by atoms with van der Waals surface area (Å²) < 4.78 is 23.6. The Labute approximate surface area is 315 Å². The van der Waals surface area contributed by atoms with Crippen molar-refractivity contribution in [3.05, 3.63) is 84.4 Å². The minimum absolute atomic E-state index is 0.136. The fourth-order valence-corrected chi connectivity index (χ4v) is 6.63. The quantitative estimate of drug-likeness (QED) is 0.156. The van der Waals surface area contributed by atoms with Crippen LogP contribution in [0.2, 0.25) is 0 Å². The molecule has 0 aromatic heterocycles. The van der Waals surface area contributed by atoms with Crippen LogP contribution < -0.4 is 30.2 Å². The number of hydrogen-bond donors (Lipinski definition) is 4. The van der Waals surface area contributed by atoms with E-state index in [1.54, 1.807) is 60.2 Å². The Morgan fingerprint density at radius 1 is 0.907 bits per heavy atom. The molecular formula is C41H49N5O8. The van der Waals surface area contributed by atoms with E-state index in [1.807, 2.05) is 56.3 Å². The number of carbonyl (C=O) groups is 3. The van der Waals surface area contributed by atoms with E-state index >= 15 is 0 Å². The Balaban J connectivity index is 1.21. The smallest absolute Gasteiger partial charge is 0.323 e. The van der Waals surface area contributed by atoms with Gasteiger partial charge in [-0.05, 0) is 74.9 Å². The van der Waals surface area contributed by atoms with Crippen LogP contribution in [-0.4, -0.2) is 91.3 Å². The topological polar surface area (TPSA) is 151 Å². The molecule has 0 saturated carbocycles. The molecule has 2 aliphatic rings. The molecule has 0 bridgehead atoms. The predicted molar refractivity (Wildman–Crippen MR) is 208 cm³/mol. The molecule has 4 N–H and O–H groups in total. The Kier molecular flexibility index (Phi) is 12.4.